The summed E-state index contributed by atoms with van der Waals surface area (Å²) in [5, 5.41) is 14.3. The fourth-order valence-corrected chi connectivity index (χ4v) is 1.77. The van der Waals surface area contributed by atoms with Gasteiger partial charge >= 0.3 is 12.0 Å². The Kier molecular flexibility index (Phi) is 8.16. The van der Waals surface area contributed by atoms with Crippen molar-refractivity contribution in [1.82, 2.24) is 10.6 Å². The van der Waals surface area contributed by atoms with E-state index in [1.54, 1.807) is 0 Å². The van der Waals surface area contributed by atoms with Crippen LogP contribution in [0.5, 0.6) is 0 Å². The number of aliphatic carboxylic acids is 1. The predicted molar refractivity (Wildman–Crippen MR) is 71.5 cm³/mol. The summed E-state index contributed by atoms with van der Waals surface area (Å²) in [5.74, 6) is -0.643. The lowest BCUT2D eigenvalue weighted by Crippen LogP contribution is -2.50. The lowest BCUT2D eigenvalue weighted by molar-refractivity contribution is -0.139. The SMILES string of the molecule is CCCCC(NC(=O)NC(CC)C(C)C)C(=O)O. The zero-order valence-corrected chi connectivity index (χ0v) is 11.8. The van der Waals surface area contributed by atoms with E-state index in [2.05, 4.69) is 10.6 Å². The Labute approximate surface area is 109 Å². The fraction of sp³-hybridized carbons (Fsp3) is 0.846. The van der Waals surface area contributed by atoms with Crippen LogP contribution in [-0.2, 0) is 4.79 Å². The summed E-state index contributed by atoms with van der Waals surface area (Å²) >= 11 is 0. The third kappa shape index (κ3) is 6.47. The van der Waals surface area contributed by atoms with Gasteiger partial charge in [-0.25, -0.2) is 9.59 Å². The van der Waals surface area contributed by atoms with Gasteiger partial charge in [-0.3, -0.25) is 0 Å². The third-order valence-electron chi connectivity index (χ3n) is 3.01. The van der Waals surface area contributed by atoms with Crippen molar-refractivity contribution in [3.8, 4) is 0 Å². The highest BCUT2D eigenvalue weighted by Gasteiger charge is 2.21. The number of hydrogen-bond donors (Lipinski definition) is 3. The molecule has 0 aliphatic rings. The van der Waals surface area contributed by atoms with Crippen LogP contribution < -0.4 is 10.6 Å². The fourth-order valence-electron chi connectivity index (χ4n) is 1.77. The zero-order chi connectivity index (χ0) is 14.1. The van der Waals surface area contributed by atoms with E-state index in [4.69, 9.17) is 5.11 Å². The molecule has 0 saturated heterocycles. The van der Waals surface area contributed by atoms with E-state index in [-0.39, 0.29) is 12.1 Å². The molecule has 0 aromatic rings. The highest BCUT2D eigenvalue weighted by molar-refractivity contribution is 5.82. The number of carboxylic acid groups (broad SMARTS) is 1. The van der Waals surface area contributed by atoms with Crippen molar-refractivity contribution in [2.45, 2.75) is 65.5 Å². The Hall–Kier alpha value is -1.26. The minimum atomic E-state index is -0.976. The topological polar surface area (TPSA) is 78.4 Å². The molecule has 18 heavy (non-hydrogen) atoms. The second-order valence-electron chi connectivity index (χ2n) is 4.91. The van der Waals surface area contributed by atoms with E-state index in [0.717, 1.165) is 19.3 Å². The van der Waals surface area contributed by atoms with Crippen molar-refractivity contribution in [2.24, 2.45) is 5.92 Å². The summed E-state index contributed by atoms with van der Waals surface area (Å²) in [4.78, 5) is 22.7. The molecule has 5 nitrogen and oxygen atoms in total. The maximum atomic E-state index is 11.7. The van der Waals surface area contributed by atoms with Crippen molar-refractivity contribution in [3.05, 3.63) is 0 Å². The van der Waals surface area contributed by atoms with E-state index in [1.807, 2.05) is 27.7 Å². The van der Waals surface area contributed by atoms with Gasteiger partial charge < -0.3 is 15.7 Å². The summed E-state index contributed by atoms with van der Waals surface area (Å²) in [6.07, 6.45) is 3.00. The van der Waals surface area contributed by atoms with Crippen molar-refractivity contribution >= 4 is 12.0 Å². The molecule has 2 atom stereocenters. The maximum absolute atomic E-state index is 11.7. The molecule has 0 aliphatic carbocycles. The third-order valence-corrected chi connectivity index (χ3v) is 3.01. The number of unbranched alkanes of at least 4 members (excludes halogenated alkanes) is 1. The first kappa shape index (κ1) is 16.7. The summed E-state index contributed by atoms with van der Waals surface area (Å²) in [6.45, 7) is 8.04. The molecule has 0 aromatic heterocycles. The number of nitrogens with one attached hydrogen (secondary N) is 2. The van der Waals surface area contributed by atoms with E-state index < -0.39 is 12.0 Å². The molecule has 3 N–H and O–H groups in total. The molecule has 0 fully saturated rings. The summed E-state index contributed by atoms with van der Waals surface area (Å²) in [5.41, 5.74) is 0. The number of carbonyl (C=O) groups is 2. The molecule has 0 heterocycles. The van der Waals surface area contributed by atoms with Crippen LogP contribution in [0.15, 0.2) is 0 Å². The largest absolute Gasteiger partial charge is 0.480 e. The van der Waals surface area contributed by atoms with Crippen LogP contribution >= 0.6 is 0 Å². The van der Waals surface area contributed by atoms with Gasteiger partial charge in [-0.05, 0) is 18.8 Å². The van der Waals surface area contributed by atoms with Crippen LogP contribution in [0.4, 0.5) is 4.79 Å². The molecule has 0 bridgehead atoms. The normalized spacial score (nSPS) is 14.1. The molecule has 0 saturated carbocycles. The molecule has 0 rings (SSSR count). The smallest absolute Gasteiger partial charge is 0.326 e. The van der Waals surface area contributed by atoms with Gasteiger partial charge in [0.2, 0.25) is 0 Å². The van der Waals surface area contributed by atoms with E-state index in [1.165, 1.54) is 0 Å². The number of carboxylic acids is 1. The lowest BCUT2D eigenvalue weighted by atomic mass is 10.0. The molecule has 0 aliphatic heterocycles. The Morgan fingerprint density at radius 2 is 1.78 bits per heavy atom. The van der Waals surface area contributed by atoms with Gasteiger partial charge in [0, 0.05) is 6.04 Å². The van der Waals surface area contributed by atoms with Crippen LogP contribution in [0.1, 0.15) is 53.4 Å². The van der Waals surface area contributed by atoms with Gasteiger partial charge in [-0.1, -0.05) is 40.5 Å². The van der Waals surface area contributed by atoms with Crippen molar-refractivity contribution < 1.29 is 14.7 Å². The van der Waals surface area contributed by atoms with E-state index in [9.17, 15) is 9.59 Å². The summed E-state index contributed by atoms with van der Waals surface area (Å²) < 4.78 is 0. The Balaban J connectivity index is 4.28. The number of amides is 2. The van der Waals surface area contributed by atoms with Crippen molar-refractivity contribution in [1.29, 1.82) is 0 Å². The van der Waals surface area contributed by atoms with E-state index in [0.29, 0.717) is 12.3 Å². The Morgan fingerprint density at radius 3 is 2.17 bits per heavy atom. The highest BCUT2D eigenvalue weighted by Crippen LogP contribution is 2.05. The molecule has 0 radical (unpaired) electrons. The lowest BCUT2D eigenvalue weighted by Gasteiger charge is -2.22. The number of urea groups is 1. The minimum absolute atomic E-state index is 0.0746. The van der Waals surface area contributed by atoms with Crippen LogP contribution in [0.25, 0.3) is 0 Å². The molecule has 106 valence electrons. The second kappa shape index (κ2) is 8.78. The molecule has 0 aromatic carbocycles. The maximum Gasteiger partial charge on any atom is 0.326 e. The average molecular weight is 258 g/mol. The minimum Gasteiger partial charge on any atom is -0.480 e. The summed E-state index contributed by atoms with van der Waals surface area (Å²) in [7, 11) is 0. The monoisotopic (exact) mass is 258 g/mol. The highest BCUT2D eigenvalue weighted by atomic mass is 16.4. The second-order valence-corrected chi connectivity index (χ2v) is 4.91. The zero-order valence-electron chi connectivity index (χ0n) is 11.8. The molecule has 2 amide bonds. The van der Waals surface area contributed by atoms with Crippen molar-refractivity contribution in [3.63, 3.8) is 0 Å². The first-order valence-corrected chi connectivity index (χ1v) is 6.72. The number of hydrogen-bond acceptors (Lipinski definition) is 2. The van der Waals surface area contributed by atoms with Gasteiger partial charge in [-0.2, -0.15) is 0 Å². The van der Waals surface area contributed by atoms with Gasteiger partial charge in [0.1, 0.15) is 6.04 Å². The first-order valence-electron chi connectivity index (χ1n) is 6.72. The first-order chi connectivity index (χ1) is 8.42. The number of carbonyl (C=O) groups excluding carboxylic acids is 1. The van der Waals surface area contributed by atoms with Gasteiger partial charge in [-0.15, -0.1) is 0 Å². The van der Waals surface area contributed by atoms with Crippen LogP contribution in [0, 0.1) is 5.92 Å². The molecule has 2 unspecified atom stereocenters. The molecule has 5 heteroatoms. The average Bonchev–Trinajstić information content (AvgIpc) is 2.30. The predicted octanol–water partition coefficient (Wildman–Crippen LogP) is 2.36. The summed E-state index contributed by atoms with van der Waals surface area (Å²) in [6, 6.07) is -1.11. The standard InChI is InChI=1S/C13H26N2O3/c1-5-7-8-11(12(16)17)15-13(18)14-10(6-2)9(3)4/h9-11H,5-8H2,1-4H3,(H,16,17)(H2,14,15,18). The molecular formula is C13H26N2O3. The van der Waals surface area contributed by atoms with Crippen LogP contribution in [-0.4, -0.2) is 29.2 Å². The molecular weight excluding hydrogens is 232 g/mol. The van der Waals surface area contributed by atoms with Gasteiger partial charge in [0.15, 0.2) is 0 Å². The Morgan fingerprint density at radius 1 is 1.17 bits per heavy atom. The van der Waals surface area contributed by atoms with Gasteiger partial charge in [0.05, 0.1) is 0 Å². The van der Waals surface area contributed by atoms with Crippen LogP contribution in [0.3, 0.4) is 0 Å². The quantitative estimate of drug-likeness (QED) is 0.625. The van der Waals surface area contributed by atoms with E-state index >= 15 is 0 Å². The van der Waals surface area contributed by atoms with Gasteiger partial charge in [0.25, 0.3) is 0 Å². The van der Waals surface area contributed by atoms with Crippen molar-refractivity contribution in [2.75, 3.05) is 0 Å². The molecule has 0 spiro atoms. The number of rotatable bonds is 8. The van der Waals surface area contributed by atoms with Crippen LogP contribution in [0.2, 0.25) is 0 Å². The Bertz CT molecular complexity index is 267.